The molecule has 3 heteroatoms. The second-order valence-corrected chi connectivity index (χ2v) is 6.96. The smallest absolute Gasteiger partial charge is 0.0246 e. The summed E-state index contributed by atoms with van der Waals surface area (Å²) in [5.74, 6) is 0. The van der Waals surface area contributed by atoms with Gasteiger partial charge in [-0.2, -0.15) is 0 Å². The first-order valence-electron chi connectivity index (χ1n) is 6.43. The zero-order valence-electron chi connectivity index (χ0n) is 12.1. The third-order valence-corrected chi connectivity index (χ3v) is 4.11. The molecular formula is C15H25BrN2. The van der Waals surface area contributed by atoms with E-state index in [0.717, 1.165) is 13.1 Å². The molecule has 0 spiro atoms. The van der Waals surface area contributed by atoms with Crippen molar-refractivity contribution in [2.75, 3.05) is 20.1 Å². The van der Waals surface area contributed by atoms with Crippen LogP contribution in [-0.2, 0) is 5.41 Å². The molecule has 0 aliphatic carbocycles. The number of halogens is 1. The highest BCUT2D eigenvalue weighted by Crippen LogP contribution is 2.29. The van der Waals surface area contributed by atoms with Gasteiger partial charge in [-0.05, 0) is 32.5 Å². The molecule has 18 heavy (non-hydrogen) atoms. The van der Waals surface area contributed by atoms with E-state index < -0.39 is 0 Å². The van der Waals surface area contributed by atoms with Crippen LogP contribution >= 0.6 is 15.9 Å². The van der Waals surface area contributed by atoms with E-state index >= 15 is 0 Å². The van der Waals surface area contributed by atoms with Gasteiger partial charge in [0.25, 0.3) is 0 Å². The Morgan fingerprint density at radius 2 is 1.67 bits per heavy atom. The van der Waals surface area contributed by atoms with Gasteiger partial charge in [-0.25, -0.2) is 0 Å². The zero-order valence-corrected chi connectivity index (χ0v) is 13.7. The molecule has 0 saturated carbocycles. The van der Waals surface area contributed by atoms with Gasteiger partial charge in [0.15, 0.2) is 0 Å². The van der Waals surface area contributed by atoms with Gasteiger partial charge in [-0.1, -0.05) is 48.0 Å². The van der Waals surface area contributed by atoms with E-state index in [1.807, 2.05) is 7.05 Å². The number of hydrogen-bond donors (Lipinski definition) is 2. The first-order chi connectivity index (χ1) is 8.28. The van der Waals surface area contributed by atoms with E-state index in [2.05, 4.69) is 78.5 Å². The number of rotatable bonds is 6. The van der Waals surface area contributed by atoms with Gasteiger partial charge >= 0.3 is 0 Å². The minimum atomic E-state index is 0.115. The van der Waals surface area contributed by atoms with E-state index in [-0.39, 0.29) is 11.0 Å². The zero-order chi connectivity index (χ0) is 13.8. The van der Waals surface area contributed by atoms with Gasteiger partial charge in [-0.15, -0.1) is 0 Å². The largest absolute Gasteiger partial charge is 0.314 e. The SMILES string of the molecule is CNC(C)(C)CNCC(C)(C)c1ccccc1Br. The third kappa shape index (κ3) is 4.38. The van der Waals surface area contributed by atoms with Crippen LogP contribution in [0, 0.1) is 0 Å². The first kappa shape index (κ1) is 15.7. The Bertz CT molecular complexity index is 386. The molecule has 2 nitrogen and oxygen atoms in total. The van der Waals surface area contributed by atoms with Crippen molar-refractivity contribution >= 4 is 15.9 Å². The van der Waals surface area contributed by atoms with Crippen molar-refractivity contribution in [1.29, 1.82) is 0 Å². The predicted octanol–water partition coefficient (Wildman–Crippen LogP) is 3.31. The van der Waals surface area contributed by atoms with Gasteiger partial charge in [0.05, 0.1) is 0 Å². The highest BCUT2D eigenvalue weighted by atomic mass is 79.9. The molecule has 102 valence electrons. The normalized spacial score (nSPS) is 12.8. The molecule has 0 fully saturated rings. The van der Waals surface area contributed by atoms with Crippen molar-refractivity contribution in [3.8, 4) is 0 Å². The quantitative estimate of drug-likeness (QED) is 0.842. The molecule has 0 radical (unpaired) electrons. The third-order valence-electron chi connectivity index (χ3n) is 3.41. The average Bonchev–Trinajstić information content (AvgIpc) is 2.29. The summed E-state index contributed by atoms with van der Waals surface area (Å²) in [6.07, 6.45) is 0. The first-order valence-corrected chi connectivity index (χ1v) is 7.22. The molecule has 0 amide bonds. The van der Waals surface area contributed by atoms with Crippen LogP contribution in [0.3, 0.4) is 0 Å². The van der Waals surface area contributed by atoms with E-state index in [1.165, 1.54) is 10.0 Å². The van der Waals surface area contributed by atoms with E-state index in [9.17, 15) is 0 Å². The molecule has 0 aromatic heterocycles. The van der Waals surface area contributed by atoms with Crippen LogP contribution in [0.5, 0.6) is 0 Å². The lowest BCUT2D eigenvalue weighted by Gasteiger charge is -2.30. The Kier molecular flexibility index (Phi) is 5.38. The number of hydrogen-bond acceptors (Lipinski definition) is 2. The van der Waals surface area contributed by atoms with E-state index in [0.29, 0.717) is 0 Å². The van der Waals surface area contributed by atoms with Crippen LogP contribution in [0.1, 0.15) is 33.3 Å². The van der Waals surface area contributed by atoms with Crippen LogP contribution in [0.2, 0.25) is 0 Å². The maximum atomic E-state index is 3.64. The summed E-state index contributed by atoms with van der Waals surface area (Å²) in [5, 5.41) is 6.87. The summed E-state index contributed by atoms with van der Waals surface area (Å²) in [5.41, 5.74) is 1.59. The van der Waals surface area contributed by atoms with Crippen LogP contribution in [0.25, 0.3) is 0 Å². The van der Waals surface area contributed by atoms with Gasteiger partial charge < -0.3 is 10.6 Å². The lowest BCUT2D eigenvalue weighted by atomic mass is 9.84. The maximum Gasteiger partial charge on any atom is 0.0246 e. The fourth-order valence-corrected chi connectivity index (χ4v) is 2.70. The van der Waals surface area contributed by atoms with Crippen molar-refractivity contribution < 1.29 is 0 Å². The molecule has 2 N–H and O–H groups in total. The van der Waals surface area contributed by atoms with Crippen molar-refractivity contribution in [2.24, 2.45) is 0 Å². The molecule has 0 unspecified atom stereocenters. The minimum absolute atomic E-state index is 0.115. The Hall–Kier alpha value is -0.380. The summed E-state index contributed by atoms with van der Waals surface area (Å²) in [6.45, 7) is 10.9. The minimum Gasteiger partial charge on any atom is -0.314 e. The lowest BCUT2D eigenvalue weighted by molar-refractivity contribution is 0.367. The fourth-order valence-electron chi connectivity index (χ4n) is 1.88. The van der Waals surface area contributed by atoms with Crippen molar-refractivity contribution in [3.63, 3.8) is 0 Å². The molecule has 1 aromatic carbocycles. The van der Waals surface area contributed by atoms with Crippen molar-refractivity contribution in [2.45, 2.75) is 38.6 Å². The van der Waals surface area contributed by atoms with Gasteiger partial charge in [0.2, 0.25) is 0 Å². The van der Waals surface area contributed by atoms with Crippen molar-refractivity contribution in [3.05, 3.63) is 34.3 Å². The standard InChI is InChI=1S/C15H25BrN2/c1-14(2,10-18-11-15(3,4)17-5)12-8-6-7-9-13(12)16/h6-9,17-18H,10-11H2,1-5H3. The molecule has 0 atom stereocenters. The van der Waals surface area contributed by atoms with Crippen LogP contribution < -0.4 is 10.6 Å². The molecule has 1 aromatic rings. The van der Waals surface area contributed by atoms with E-state index in [1.54, 1.807) is 0 Å². The highest BCUT2D eigenvalue weighted by molar-refractivity contribution is 9.10. The lowest BCUT2D eigenvalue weighted by Crippen LogP contribution is -2.48. The highest BCUT2D eigenvalue weighted by Gasteiger charge is 2.23. The molecule has 0 aliphatic rings. The van der Waals surface area contributed by atoms with Crippen LogP contribution in [-0.4, -0.2) is 25.7 Å². The summed E-state index contributed by atoms with van der Waals surface area (Å²) < 4.78 is 1.18. The monoisotopic (exact) mass is 312 g/mol. The average molecular weight is 313 g/mol. The summed E-state index contributed by atoms with van der Waals surface area (Å²) in [7, 11) is 2.00. The Balaban J connectivity index is 2.63. The Morgan fingerprint density at radius 1 is 1.06 bits per heavy atom. The predicted molar refractivity (Wildman–Crippen MR) is 83.2 cm³/mol. The molecule has 0 saturated heterocycles. The summed E-state index contributed by atoms with van der Waals surface area (Å²) in [6, 6.07) is 8.45. The van der Waals surface area contributed by atoms with Gasteiger partial charge in [-0.3, -0.25) is 0 Å². The van der Waals surface area contributed by atoms with Gasteiger partial charge in [0, 0.05) is 28.5 Å². The summed E-state index contributed by atoms with van der Waals surface area (Å²) >= 11 is 3.64. The number of benzene rings is 1. The number of likely N-dealkylation sites (N-methyl/N-ethyl adjacent to an activating group) is 1. The number of nitrogens with one attached hydrogen (secondary N) is 2. The molecule has 1 rings (SSSR count). The second-order valence-electron chi connectivity index (χ2n) is 6.10. The van der Waals surface area contributed by atoms with Crippen LogP contribution in [0.15, 0.2) is 28.7 Å². The summed E-state index contributed by atoms with van der Waals surface area (Å²) in [4.78, 5) is 0. The van der Waals surface area contributed by atoms with Crippen molar-refractivity contribution in [1.82, 2.24) is 10.6 Å². The molecule has 0 bridgehead atoms. The second kappa shape index (κ2) is 6.18. The Labute approximate surface area is 120 Å². The van der Waals surface area contributed by atoms with Gasteiger partial charge in [0.1, 0.15) is 0 Å². The Morgan fingerprint density at radius 3 is 2.22 bits per heavy atom. The van der Waals surface area contributed by atoms with Crippen LogP contribution in [0.4, 0.5) is 0 Å². The maximum absolute atomic E-state index is 3.64. The molecule has 0 heterocycles. The molecular weight excluding hydrogens is 288 g/mol. The fraction of sp³-hybridized carbons (Fsp3) is 0.600. The molecule has 0 aliphatic heterocycles. The van der Waals surface area contributed by atoms with E-state index in [4.69, 9.17) is 0 Å². The topological polar surface area (TPSA) is 24.1 Å².